The van der Waals surface area contributed by atoms with Gasteiger partial charge >= 0.3 is 0 Å². The molecule has 0 aliphatic carbocycles. The van der Waals surface area contributed by atoms with E-state index in [0.29, 0.717) is 44.3 Å². The number of amides is 1. The van der Waals surface area contributed by atoms with Gasteiger partial charge in [0.1, 0.15) is 0 Å². The monoisotopic (exact) mass is 447 g/mol. The van der Waals surface area contributed by atoms with Gasteiger partial charge in [0.25, 0.3) is 5.91 Å². The van der Waals surface area contributed by atoms with E-state index in [4.69, 9.17) is 38.0 Å². The third-order valence-electron chi connectivity index (χ3n) is 4.62. The second-order valence-corrected chi connectivity index (χ2v) is 7.34. The summed E-state index contributed by atoms with van der Waals surface area (Å²) in [5.41, 5.74) is 2.42. The van der Waals surface area contributed by atoms with Crippen molar-refractivity contribution in [1.29, 1.82) is 0 Å². The number of nitrogens with one attached hydrogen (secondary N) is 3. The summed E-state index contributed by atoms with van der Waals surface area (Å²) >= 11 is 11.4. The number of carbonyl (C=O) groups excluding carboxylic acids is 1. The molecule has 3 N–H and O–H groups in total. The van der Waals surface area contributed by atoms with Gasteiger partial charge in [-0.3, -0.25) is 4.79 Å². The standard InChI is InChI=1S/C21H22ClN3O4S/c1-11-17(20(26)24-14-7-5-6-13(22)10-14)18(25-21(30)23-11)12-8-15(27-2)19(29-4)16(9-12)28-3/h5-10,18H,1-4H3,(H,24,26)(H2,23,25,30). The van der Waals surface area contributed by atoms with Gasteiger partial charge in [0.2, 0.25) is 5.75 Å². The summed E-state index contributed by atoms with van der Waals surface area (Å²) in [6, 6.07) is 9.98. The van der Waals surface area contributed by atoms with E-state index in [2.05, 4.69) is 16.0 Å². The minimum atomic E-state index is -0.536. The van der Waals surface area contributed by atoms with Crippen molar-refractivity contribution in [3.05, 3.63) is 58.3 Å². The van der Waals surface area contributed by atoms with Crippen molar-refractivity contribution in [2.45, 2.75) is 13.0 Å². The normalized spacial score (nSPS) is 15.8. The highest BCUT2D eigenvalue weighted by molar-refractivity contribution is 7.80. The number of ether oxygens (including phenoxy) is 3. The number of hydrogen-bond acceptors (Lipinski definition) is 5. The van der Waals surface area contributed by atoms with E-state index < -0.39 is 6.04 Å². The number of anilines is 1. The van der Waals surface area contributed by atoms with Crippen LogP contribution < -0.4 is 30.2 Å². The number of rotatable bonds is 6. The van der Waals surface area contributed by atoms with Crippen molar-refractivity contribution in [2.75, 3.05) is 26.6 Å². The molecule has 1 heterocycles. The first-order chi connectivity index (χ1) is 14.4. The fraction of sp³-hybridized carbons (Fsp3) is 0.238. The zero-order valence-electron chi connectivity index (χ0n) is 17.0. The Morgan fingerprint density at radius 2 is 1.77 bits per heavy atom. The molecule has 1 amide bonds. The van der Waals surface area contributed by atoms with Crippen molar-refractivity contribution in [1.82, 2.24) is 10.6 Å². The topological polar surface area (TPSA) is 80.9 Å². The molecule has 0 spiro atoms. The van der Waals surface area contributed by atoms with Crippen molar-refractivity contribution >= 4 is 40.5 Å². The van der Waals surface area contributed by atoms with Gasteiger partial charge in [-0.1, -0.05) is 17.7 Å². The van der Waals surface area contributed by atoms with Crippen LogP contribution in [-0.2, 0) is 4.79 Å². The molecule has 2 aromatic rings. The van der Waals surface area contributed by atoms with Crippen LogP contribution in [0.3, 0.4) is 0 Å². The zero-order valence-corrected chi connectivity index (χ0v) is 18.5. The highest BCUT2D eigenvalue weighted by atomic mass is 35.5. The molecule has 1 unspecified atom stereocenters. The molecule has 0 saturated carbocycles. The zero-order chi connectivity index (χ0) is 21.8. The summed E-state index contributed by atoms with van der Waals surface area (Å²) in [5.74, 6) is 1.12. The van der Waals surface area contributed by atoms with Crippen molar-refractivity contribution in [2.24, 2.45) is 0 Å². The van der Waals surface area contributed by atoms with Gasteiger partial charge in [-0.25, -0.2) is 0 Å². The third-order valence-corrected chi connectivity index (χ3v) is 5.07. The Balaban J connectivity index is 2.04. The SMILES string of the molecule is COc1cc(C2NC(=S)NC(C)=C2C(=O)Nc2cccc(Cl)c2)cc(OC)c1OC. The summed E-state index contributed by atoms with van der Waals surface area (Å²) < 4.78 is 16.3. The summed E-state index contributed by atoms with van der Waals surface area (Å²) in [5, 5.41) is 9.99. The maximum atomic E-state index is 13.2. The molecule has 158 valence electrons. The Hall–Kier alpha value is -2.97. The van der Waals surface area contributed by atoms with Crippen LogP contribution in [0, 0.1) is 0 Å². The van der Waals surface area contributed by atoms with Crippen LogP contribution in [0.15, 0.2) is 47.7 Å². The first kappa shape index (κ1) is 21.7. The van der Waals surface area contributed by atoms with E-state index in [9.17, 15) is 4.79 Å². The van der Waals surface area contributed by atoms with Crippen LogP contribution >= 0.6 is 23.8 Å². The van der Waals surface area contributed by atoms with Crippen LogP contribution in [-0.4, -0.2) is 32.3 Å². The van der Waals surface area contributed by atoms with Crippen molar-refractivity contribution in [3.8, 4) is 17.2 Å². The molecule has 0 fully saturated rings. The minimum absolute atomic E-state index is 0.295. The van der Waals surface area contributed by atoms with Crippen LogP contribution in [0.2, 0.25) is 5.02 Å². The molecule has 7 nitrogen and oxygen atoms in total. The predicted octanol–water partition coefficient (Wildman–Crippen LogP) is 3.80. The Bertz CT molecular complexity index is 1000. The van der Waals surface area contributed by atoms with E-state index in [-0.39, 0.29) is 5.91 Å². The smallest absolute Gasteiger partial charge is 0.255 e. The van der Waals surface area contributed by atoms with E-state index in [1.54, 1.807) is 43.3 Å². The Kier molecular flexibility index (Phi) is 6.69. The third kappa shape index (κ3) is 4.44. The van der Waals surface area contributed by atoms with Crippen LogP contribution in [0.25, 0.3) is 0 Å². The fourth-order valence-electron chi connectivity index (χ4n) is 3.28. The Labute approximate surface area is 185 Å². The maximum Gasteiger partial charge on any atom is 0.255 e. The van der Waals surface area contributed by atoms with Gasteiger partial charge in [0.15, 0.2) is 16.6 Å². The van der Waals surface area contributed by atoms with Crippen LogP contribution in [0.1, 0.15) is 18.5 Å². The van der Waals surface area contributed by atoms with Crippen molar-refractivity contribution < 1.29 is 19.0 Å². The number of carbonyl (C=O) groups is 1. The lowest BCUT2D eigenvalue weighted by atomic mass is 9.94. The molecule has 0 saturated heterocycles. The van der Waals surface area contributed by atoms with Gasteiger partial charge < -0.3 is 30.2 Å². The molecule has 1 aliphatic rings. The quantitative estimate of drug-likeness (QED) is 0.581. The number of benzene rings is 2. The van der Waals surface area contributed by atoms with Gasteiger partial charge in [0.05, 0.1) is 32.9 Å². The van der Waals surface area contributed by atoms with E-state index in [0.717, 1.165) is 5.56 Å². The summed E-state index contributed by atoms with van der Waals surface area (Å²) in [7, 11) is 4.61. The van der Waals surface area contributed by atoms with E-state index >= 15 is 0 Å². The molecule has 0 aromatic heterocycles. The first-order valence-electron chi connectivity index (χ1n) is 9.03. The highest BCUT2D eigenvalue weighted by Gasteiger charge is 2.31. The highest BCUT2D eigenvalue weighted by Crippen LogP contribution is 2.41. The Morgan fingerprint density at radius 1 is 1.10 bits per heavy atom. The second-order valence-electron chi connectivity index (χ2n) is 6.49. The molecular formula is C21H22ClN3O4S. The summed E-state index contributed by atoms with van der Waals surface area (Å²) in [6.07, 6.45) is 0. The molecule has 2 aromatic carbocycles. The van der Waals surface area contributed by atoms with Gasteiger partial charge in [-0.15, -0.1) is 0 Å². The lowest BCUT2D eigenvalue weighted by Gasteiger charge is -2.31. The fourth-order valence-corrected chi connectivity index (χ4v) is 3.74. The Morgan fingerprint density at radius 3 is 2.33 bits per heavy atom. The average molecular weight is 448 g/mol. The van der Waals surface area contributed by atoms with Gasteiger partial charge in [-0.05, 0) is 55.0 Å². The average Bonchev–Trinajstić information content (AvgIpc) is 2.71. The molecule has 1 aliphatic heterocycles. The number of halogens is 1. The molecule has 0 bridgehead atoms. The summed E-state index contributed by atoms with van der Waals surface area (Å²) in [6.45, 7) is 1.80. The summed E-state index contributed by atoms with van der Waals surface area (Å²) in [4.78, 5) is 13.2. The van der Waals surface area contributed by atoms with E-state index in [1.807, 2.05) is 0 Å². The van der Waals surface area contributed by atoms with Gasteiger partial charge in [0, 0.05) is 16.4 Å². The number of methoxy groups -OCH3 is 3. The van der Waals surface area contributed by atoms with Crippen LogP contribution in [0.5, 0.6) is 17.2 Å². The van der Waals surface area contributed by atoms with E-state index in [1.165, 1.54) is 21.3 Å². The number of thiocarbonyl (C=S) groups is 1. The molecule has 3 rings (SSSR count). The van der Waals surface area contributed by atoms with Gasteiger partial charge in [-0.2, -0.15) is 0 Å². The second kappa shape index (κ2) is 9.23. The number of hydrogen-bond donors (Lipinski definition) is 3. The molecule has 1 atom stereocenters. The lowest BCUT2D eigenvalue weighted by molar-refractivity contribution is -0.113. The number of allylic oxidation sites excluding steroid dienone is 1. The predicted molar refractivity (Wildman–Crippen MR) is 120 cm³/mol. The van der Waals surface area contributed by atoms with Crippen LogP contribution in [0.4, 0.5) is 5.69 Å². The minimum Gasteiger partial charge on any atom is -0.493 e. The molecule has 0 radical (unpaired) electrons. The molecule has 30 heavy (non-hydrogen) atoms. The molecular weight excluding hydrogens is 426 g/mol. The van der Waals surface area contributed by atoms with Crippen molar-refractivity contribution in [3.63, 3.8) is 0 Å². The molecule has 9 heteroatoms. The maximum absolute atomic E-state index is 13.2. The largest absolute Gasteiger partial charge is 0.493 e. The first-order valence-corrected chi connectivity index (χ1v) is 9.81. The lowest BCUT2D eigenvalue weighted by Crippen LogP contribution is -2.45.